The van der Waals surface area contributed by atoms with Crippen LogP contribution in [-0.4, -0.2) is 53.9 Å². The van der Waals surface area contributed by atoms with E-state index in [9.17, 15) is 14.0 Å². The molecule has 1 saturated heterocycles. The molecule has 154 valence electrons. The molecule has 2 heterocycles. The fourth-order valence-corrected chi connectivity index (χ4v) is 3.78. The summed E-state index contributed by atoms with van der Waals surface area (Å²) in [6.45, 7) is 1.41. The monoisotopic (exact) mass is 400 g/mol. The quantitative estimate of drug-likeness (QED) is 0.748. The highest BCUT2D eigenvalue weighted by atomic mass is 19.1. The number of hydrogen-bond acceptors (Lipinski definition) is 4. The van der Waals surface area contributed by atoms with Gasteiger partial charge in [-0.15, -0.1) is 0 Å². The Hall–Kier alpha value is -2.67. The Kier molecular flexibility index (Phi) is 5.94. The van der Waals surface area contributed by atoms with Crippen molar-refractivity contribution in [3.8, 4) is 0 Å². The van der Waals surface area contributed by atoms with E-state index in [0.717, 1.165) is 12.8 Å². The maximum Gasteiger partial charge on any atom is 0.290 e. The van der Waals surface area contributed by atoms with Crippen molar-refractivity contribution in [2.24, 2.45) is 5.92 Å². The van der Waals surface area contributed by atoms with E-state index in [2.05, 4.69) is 0 Å². The Morgan fingerprint density at radius 2 is 2.00 bits per heavy atom. The first kappa shape index (κ1) is 19.6. The summed E-state index contributed by atoms with van der Waals surface area (Å²) in [6.07, 6.45) is 4.48. The lowest BCUT2D eigenvalue weighted by molar-refractivity contribution is -0.132. The van der Waals surface area contributed by atoms with E-state index in [0.29, 0.717) is 24.6 Å². The third kappa shape index (κ3) is 4.67. The van der Waals surface area contributed by atoms with Crippen LogP contribution in [0.25, 0.3) is 0 Å². The second-order valence-corrected chi connectivity index (χ2v) is 7.78. The number of hydrogen-bond donors (Lipinski definition) is 0. The number of rotatable bonds is 6. The molecule has 1 aliphatic heterocycles. The van der Waals surface area contributed by atoms with Crippen LogP contribution in [-0.2, 0) is 16.1 Å². The lowest BCUT2D eigenvalue weighted by Crippen LogP contribution is -2.42. The summed E-state index contributed by atoms with van der Waals surface area (Å²) in [4.78, 5) is 28.9. The van der Waals surface area contributed by atoms with Gasteiger partial charge in [0.25, 0.3) is 5.91 Å². The molecule has 2 amide bonds. The molecule has 7 heteroatoms. The van der Waals surface area contributed by atoms with Gasteiger partial charge in [-0.25, -0.2) is 4.39 Å². The van der Waals surface area contributed by atoms with Gasteiger partial charge in [-0.3, -0.25) is 9.59 Å². The maximum absolute atomic E-state index is 14.0. The van der Waals surface area contributed by atoms with Crippen LogP contribution in [0.5, 0.6) is 0 Å². The number of halogens is 1. The minimum Gasteiger partial charge on any atom is -0.459 e. The van der Waals surface area contributed by atoms with Crippen LogP contribution < -0.4 is 0 Å². The van der Waals surface area contributed by atoms with E-state index in [1.54, 1.807) is 35.2 Å². The number of furan rings is 1. The van der Waals surface area contributed by atoms with Crippen LogP contribution in [0.1, 0.15) is 35.4 Å². The van der Waals surface area contributed by atoms with Crippen LogP contribution in [0.4, 0.5) is 4.39 Å². The van der Waals surface area contributed by atoms with Gasteiger partial charge in [0, 0.05) is 25.2 Å². The van der Waals surface area contributed by atoms with Crippen LogP contribution >= 0.6 is 0 Å². The summed E-state index contributed by atoms with van der Waals surface area (Å²) in [5.41, 5.74) is 0.456. The molecule has 29 heavy (non-hydrogen) atoms. The number of benzene rings is 1. The number of carbonyl (C=O) groups is 2. The molecule has 1 saturated carbocycles. The fourth-order valence-electron chi connectivity index (χ4n) is 3.78. The number of amides is 2. The standard InChI is InChI=1S/C22H25FN2O4/c23-19-8-2-1-7-17(19)15-29-18-12-24(11-16-5-3-6-16)21(26)14-25(13-18)22(27)20-9-4-10-28-20/h1-2,4,7-10,16,18H,3,5-6,11-15H2. The molecule has 0 N–H and O–H groups in total. The summed E-state index contributed by atoms with van der Waals surface area (Å²) >= 11 is 0. The van der Waals surface area contributed by atoms with Crippen LogP contribution in [0.15, 0.2) is 47.1 Å². The fraction of sp³-hybridized carbons (Fsp3) is 0.455. The van der Waals surface area contributed by atoms with Crippen molar-refractivity contribution in [1.82, 2.24) is 9.80 Å². The summed E-state index contributed by atoms with van der Waals surface area (Å²) in [6, 6.07) is 9.68. The van der Waals surface area contributed by atoms with E-state index in [1.165, 1.54) is 23.7 Å². The molecule has 1 aliphatic carbocycles. The molecule has 1 aromatic heterocycles. The molecule has 4 rings (SSSR count). The van der Waals surface area contributed by atoms with Crippen molar-refractivity contribution < 1.29 is 23.1 Å². The molecule has 1 unspecified atom stereocenters. The Balaban J connectivity index is 1.49. The summed E-state index contributed by atoms with van der Waals surface area (Å²) < 4.78 is 25.2. The Morgan fingerprint density at radius 1 is 1.17 bits per heavy atom. The molecule has 0 spiro atoms. The summed E-state index contributed by atoms with van der Waals surface area (Å²) in [5, 5.41) is 0. The van der Waals surface area contributed by atoms with Gasteiger partial charge in [0.05, 0.1) is 19.0 Å². The summed E-state index contributed by atoms with van der Waals surface area (Å²) in [5.74, 6) is -0.0502. The predicted molar refractivity (Wildman–Crippen MR) is 104 cm³/mol. The van der Waals surface area contributed by atoms with Gasteiger partial charge in [-0.05, 0) is 37.0 Å². The zero-order valence-corrected chi connectivity index (χ0v) is 16.3. The molecule has 2 aliphatic rings. The SMILES string of the molecule is O=C1CN(C(=O)c2ccco2)CC(OCc2ccccc2F)CN1CC1CCC1. The molecule has 2 aromatic rings. The second kappa shape index (κ2) is 8.78. The molecule has 1 aromatic carbocycles. The average Bonchev–Trinajstić information content (AvgIpc) is 3.16. The van der Waals surface area contributed by atoms with Gasteiger partial charge in [0.2, 0.25) is 5.91 Å². The van der Waals surface area contributed by atoms with Gasteiger partial charge in [0.1, 0.15) is 12.4 Å². The smallest absolute Gasteiger partial charge is 0.290 e. The van der Waals surface area contributed by atoms with Crippen molar-refractivity contribution in [1.29, 1.82) is 0 Å². The molecule has 1 atom stereocenters. The zero-order chi connectivity index (χ0) is 20.2. The van der Waals surface area contributed by atoms with Crippen molar-refractivity contribution >= 4 is 11.8 Å². The minimum absolute atomic E-state index is 0.00812. The normalized spacial score (nSPS) is 20.4. The third-order valence-corrected chi connectivity index (χ3v) is 5.68. The molecule has 6 nitrogen and oxygen atoms in total. The number of nitrogens with zero attached hydrogens (tertiary/aromatic N) is 2. The Labute approximate surface area is 169 Å². The first-order valence-electron chi connectivity index (χ1n) is 10.1. The summed E-state index contributed by atoms with van der Waals surface area (Å²) in [7, 11) is 0. The largest absolute Gasteiger partial charge is 0.459 e. The van der Waals surface area contributed by atoms with Crippen molar-refractivity contribution in [3.05, 3.63) is 59.8 Å². The number of carbonyl (C=O) groups excluding carboxylic acids is 2. The Bertz CT molecular complexity index is 850. The van der Waals surface area contributed by atoms with E-state index >= 15 is 0 Å². The van der Waals surface area contributed by atoms with Crippen LogP contribution in [0.2, 0.25) is 0 Å². The van der Waals surface area contributed by atoms with Crippen LogP contribution in [0.3, 0.4) is 0 Å². The molecular weight excluding hydrogens is 375 g/mol. The van der Waals surface area contributed by atoms with E-state index in [1.807, 2.05) is 0 Å². The first-order valence-corrected chi connectivity index (χ1v) is 10.1. The van der Waals surface area contributed by atoms with Crippen molar-refractivity contribution in [2.75, 3.05) is 26.2 Å². The molecular formula is C22H25FN2O4. The van der Waals surface area contributed by atoms with E-state index < -0.39 is 6.10 Å². The average molecular weight is 400 g/mol. The maximum atomic E-state index is 14.0. The highest BCUT2D eigenvalue weighted by molar-refractivity contribution is 5.94. The van der Waals surface area contributed by atoms with Gasteiger partial charge >= 0.3 is 0 Å². The Morgan fingerprint density at radius 3 is 2.69 bits per heavy atom. The lowest BCUT2D eigenvalue weighted by atomic mass is 9.85. The van der Waals surface area contributed by atoms with Gasteiger partial charge in [-0.2, -0.15) is 0 Å². The van der Waals surface area contributed by atoms with Crippen LogP contribution in [0, 0.1) is 11.7 Å². The van der Waals surface area contributed by atoms with Gasteiger partial charge in [-0.1, -0.05) is 24.6 Å². The predicted octanol–water partition coefficient (Wildman–Crippen LogP) is 3.09. The lowest BCUT2D eigenvalue weighted by Gasteiger charge is -2.32. The topological polar surface area (TPSA) is 63.0 Å². The molecule has 0 radical (unpaired) electrons. The van der Waals surface area contributed by atoms with Crippen molar-refractivity contribution in [3.63, 3.8) is 0 Å². The number of ether oxygens (including phenoxy) is 1. The highest BCUT2D eigenvalue weighted by Crippen LogP contribution is 2.28. The van der Waals surface area contributed by atoms with Crippen molar-refractivity contribution in [2.45, 2.75) is 32.0 Å². The first-order chi connectivity index (χ1) is 14.1. The second-order valence-electron chi connectivity index (χ2n) is 7.78. The zero-order valence-electron chi connectivity index (χ0n) is 16.3. The molecule has 2 fully saturated rings. The molecule has 0 bridgehead atoms. The highest BCUT2D eigenvalue weighted by Gasteiger charge is 2.34. The van der Waals surface area contributed by atoms with Gasteiger partial charge in [0.15, 0.2) is 5.76 Å². The third-order valence-electron chi connectivity index (χ3n) is 5.68. The van der Waals surface area contributed by atoms with Gasteiger partial charge < -0.3 is 19.0 Å². The van der Waals surface area contributed by atoms with E-state index in [-0.39, 0.29) is 43.1 Å². The minimum atomic E-state index is -0.403. The van der Waals surface area contributed by atoms with E-state index in [4.69, 9.17) is 9.15 Å².